The van der Waals surface area contributed by atoms with E-state index in [9.17, 15) is 13.5 Å². The van der Waals surface area contributed by atoms with Crippen LogP contribution in [0.3, 0.4) is 0 Å². The van der Waals surface area contributed by atoms with Crippen molar-refractivity contribution in [1.29, 1.82) is 0 Å². The average Bonchev–Trinajstić information content (AvgIpc) is 2.18. The highest BCUT2D eigenvalue weighted by Crippen LogP contribution is 2.14. The van der Waals surface area contributed by atoms with E-state index in [4.69, 9.17) is 9.66 Å². The van der Waals surface area contributed by atoms with Gasteiger partial charge >= 0.3 is 0 Å². The van der Waals surface area contributed by atoms with Gasteiger partial charge in [-0.1, -0.05) is 0 Å². The van der Waals surface area contributed by atoms with Crippen LogP contribution in [-0.2, 0) is 10.1 Å². The zero-order valence-corrected chi connectivity index (χ0v) is 10.7. The van der Waals surface area contributed by atoms with Gasteiger partial charge in [-0.25, -0.2) is 0 Å². The Morgan fingerprint density at radius 2 is 1.76 bits per heavy atom. The third-order valence-corrected chi connectivity index (χ3v) is 4.20. The highest BCUT2D eigenvalue weighted by molar-refractivity contribution is 7.86. The molecule has 17 heavy (non-hydrogen) atoms. The average molecular weight is 268 g/mol. The molecule has 0 bridgehead atoms. The van der Waals surface area contributed by atoms with Gasteiger partial charge in [-0.15, -0.1) is 0 Å². The maximum absolute atomic E-state index is 11.2. The predicted molar refractivity (Wildman–Crippen MR) is 62.1 cm³/mol. The van der Waals surface area contributed by atoms with Crippen LogP contribution >= 0.6 is 0 Å². The van der Waals surface area contributed by atoms with E-state index in [0.29, 0.717) is 32.7 Å². The number of aliphatic hydroxyl groups excluding tert-OH is 2. The minimum Gasteiger partial charge on any atom is -0.395 e. The summed E-state index contributed by atoms with van der Waals surface area (Å²) < 4.78 is 31.4. The molecule has 2 atom stereocenters. The summed E-state index contributed by atoms with van der Waals surface area (Å²) in [4.78, 5) is 3.55. The molecule has 8 heteroatoms. The highest BCUT2D eigenvalue weighted by Gasteiger charge is 2.35. The molecule has 7 nitrogen and oxygen atoms in total. The number of β-amino-alcohol motifs (C(OH)–C–C–N with tert-alkyl or cyclic N) is 1. The number of hydrogen-bond acceptors (Lipinski definition) is 6. The van der Waals surface area contributed by atoms with Crippen molar-refractivity contribution in [2.75, 3.05) is 39.3 Å². The van der Waals surface area contributed by atoms with Crippen LogP contribution in [-0.4, -0.2) is 83.8 Å². The quantitative estimate of drug-likeness (QED) is 0.505. The zero-order valence-electron chi connectivity index (χ0n) is 9.86. The molecule has 1 heterocycles. The summed E-state index contributed by atoms with van der Waals surface area (Å²) in [7, 11) is -4.29. The highest BCUT2D eigenvalue weighted by atomic mass is 32.2. The van der Waals surface area contributed by atoms with Crippen molar-refractivity contribution in [3.8, 4) is 0 Å². The molecule has 0 aromatic heterocycles. The van der Waals surface area contributed by atoms with Crippen molar-refractivity contribution >= 4 is 10.1 Å². The van der Waals surface area contributed by atoms with Crippen LogP contribution in [0.25, 0.3) is 0 Å². The van der Waals surface area contributed by atoms with Gasteiger partial charge in [0.05, 0.1) is 12.7 Å². The van der Waals surface area contributed by atoms with Gasteiger partial charge in [-0.3, -0.25) is 14.4 Å². The normalized spacial score (nSPS) is 23.5. The van der Waals surface area contributed by atoms with E-state index in [1.54, 1.807) is 4.90 Å². The van der Waals surface area contributed by atoms with Gasteiger partial charge in [0.15, 0.2) is 5.37 Å². The molecular weight excluding hydrogens is 248 g/mol. The van der Waals surface area contributed by atoms with E-state index in [2.05, 4.69) is 0 Å². The molecule has 0 radical (unpaired) electrons. The molecular formula is C9H20N2O5S. The fourth-order valence-corrected chi connectivity index (χ4v) is 3.21. The number of nitrogens with zero attached hydrogens (tertiary/aromatic N) is 2. The number of hydrogen-bond donors (Lipinski definition) is 3. The van der Waals surface area contributed by atoms with Crippen LogP contribution in [0.5, 0.6) is 0 Å². The fraction of sp³-hybridized carbons (Fsp3) is 1.00. The molecule has 0 unspecified atom stereocenters. The van der Waals surface area contributed by atoms with Crippen molar-refractivity contribution in [3.05, 3.63) is 0 Å². The second-order valence-electron chi connectivity index (χ2n) is 4.25. The SMILES string of the molecule is C[C@@H](O)[C@@H](N1CCN(CCO)CC1)S(=O)(=O)O. The molecule has 0 aliphatic carbocycles. The molecule has 0 spiro atoms. The second kappa shape index (κ2) is 6.07. The molecule has 1 rings (SSSR count). The van der Waals surface area contributed by atoms with E-state index in [-0.39, 0.29) is 6.61 Å². The molecule has 1 aliphatic rings. The smallest absolute Gasteiger partial charge is 0.283 e. The third kappa shape index (κ3) is 4.16. The summed E-state index contributed by atoms with van der Waals surface area (Å²) in [6, 6.07) is 0. The van der Waals surface area contributed by atoms with Gasteiger partial charge in [-0.05, 0) is 6.92 Å². The molecule has 0 saturated carbocycles. The van der Waals surface area contributed by atoms with Crippen LogP contribution in [0.4, 0.5) is 0 Å². The Bertz CT molecular complexity index is 324. The van der Waals surface area contributed by atoms with Crippen LogP contribution in [0.2, 0.25) is 0 Å². The number of piperazine rings is 1. The van der Waals surface area contributed by atoms with Crippen LogP contribution in [0.15, 0.2) is 0 Å². The first kappa shape index (κ1) is 14.8. The third-order valence-electron chi connectivity index (χ3n) is 2.90. The molecule has 3 N–H and O–H groups in total. The molecule has 1 aliphatic heterocycles. The van der Waals surface area contributed by atoms with Crippen molar-refractivity contribution < 1.29 is 23.2 Å². The van der Waals surface area contributed by atoms with E-state index < -0.39 is 21.6 Å². The van der Waals surface area contributed by atoms with Gasteiger partial charge in [0.25, 0.3) is 10.1 Å². The Balaban J connectivity index is 2.62. The molecule has 0 aromatic carbocycles. The molecule has 0 amide bonds. The van der Waals surface area contributed by atoms with E-state index in [1.165, 1.54) is 6.92 Å². The lowest BCUT2D eigenvalue weighted by Gasteiger charge is -2.38. The van der Waals surface area contributed by atoms with Crippen molar-refractivity contribution in [2.45, 2.75) is 18.4 Å². The molecule has 1 saturated heterocycles. The van der Waals surface area contributed by atoms with E-state index in [0.717, 1.165) is 0 Å². The number of rotatable bonds is 5. The van der Waals surface area contributed by atoms with E-state index >= 15 is 0 Å². The largest absolute Gasteiger partial charge is 0.395 e. The first-order valence-corrected chi connectivity index (χ1v) is 7.08. The van der Waals surface area contributed by atoms with Crippen LogP contribution in [0.1, 0.15) is 6.92 Å². The van der Waals surface area contributed by atoms with E-state index in [1.807, 2.05) is 4.90 Å². The second-order valence-corrected chi connectivity index (χ2v) is 5.76. The van der Waals surface area contributed by atoms with Crippen LogP contribution < -0.4 is 0 Å². The van der Waals surface area contributed by atoms with Gasteiger partial charge in [0.1, 0.15) is 0 Å². The maximum Gasteiger partial charge on any atom is 0.283 e. The minimum absolute atomic E-state index is 0.0676. The van der Waals surface area contributed by atoms with Crippen molar-refractivity contribution in [3.63, 3.8) is 0 Å². The molecule has 0 aromatic rings. The fourth-order valence-electron chi connectivity index (χ4n) is 2.13. The lowest BCUT2D eigenvalue weighted by molar-refractivity contribution is 0.0526. The predicted octanol–water partition coefficient (Wildman–Crippen LogP) is -1.81. The summed E-state index contributed by atoms with van der Waals surface area (Å²) in [5.41, 5.74) is 0. The molecule has 102 valence electrons. The van der Waals surface area contributed by atoms with Gasteiger partial charge in [0, 0.05) is 32.7 Å². The monoisotopic (exact) mass is 268 g/mol. The Labute approximate surface area is 101 Å². The Kier molecular flexibility index (Phi) is 5.29. The van der Waals surface area contributed by atoms with Gasteiger partial charge in [0.2, 0.25) is 0 Å². The zero-order chi connectivity index (χ0) is 13.1. The summed E-state index contributed by atoms with van der Waals surface area (Å²) in [5, 5.41) is 16.9. The van der Waals surface area contributed by atoms with Crippen molar-refractivity contribution in [2.24, 2.45) is 0 Å². The van der Waals surface area contributed by atoms with Gasteiger partial charge < -0.3 is 10.2 Å². The standard InChI is InChI=1S/C9H20N2O5S/c1-8(13)9(17(14,15)16)11-4-2-10(3-5-11)6-7-12/h8-9,12-13H,2-7H2,1H3,(H,14,15,16)/t8-,9+/m1/s1. The number of aliphatic hydroxyl groups is 2. The Morgan fingerprint density at radius 3 is 2.12 bits per heavy atom. The first-order chi connectivity index (χ1) is 7.86. The maximum atomic E-state index is 11.2. The van der Waals surface area contributed by atoms with Crippen LogP contribution in [0, 0.1) is 0 Å². The van der Waals surface area contributed by atoms with Crippen molar-refractivity contribution in [1.82, 2.24) is 9.80 Å². The Hall–Kier alpha value is -0.250. The lowest BCUT2D eigenvalue weighted by atomic mass is 10.2. The minimum atomic E-state index is -4.29. The summed E-state index contributed by atoms with van der Waals surface area (Å²) >= 11 is 0. The first-order valence-electron chi connectivity index (χ1n) is 5.58. The summed E-state index contributed by atoms with van der Waals surface area (Å²) in [6.45, 7) is 4.07. The topological polar surface area (TPSA) is 101 Å². The summed E-state index contributed by atoms with van der Waals surface area (Å²) in [5.74, 6) is 0. The summed E-state index contributed by atoms with van der Waals surface area (Å²) in [6.07, 6.45) is -1.14. The lowest BCUT2D eigenvalue weighted by Crippen LogP contribution is -2.56. The Morgan fingerprint density at radius 1 is 1.24 bits per heavy atom. The van der Waals surface area contributed by atoms with Gasteiger partial charge in [-0.2, -0.15) is 8.42 Å². The molecule has 1 fully saturated rings.